The number of nitro groups is 1. The van der Waals surface area contributed by atoms with Crippen molar-refractivity contribution in [3.05, 3.63) is 75.8 Å². The molecule has 2 aromatic carbocycles. The highest BCUT2D eigenvalue weighted by Crippen LogP contribution is 2.19. The summed E-state index contributed by atoms with van der Waals surface area (Å²) in [4.78, 5) is 14.6. The standard InChI is InChI=1S/C16H11N3O2/c17-12-14-7-1-3-9-15(14)18-11-5-8-13-6-2-4-10-16(13)19(20)21/h1-11H/b8-5+,18-11?. The maximum Gasteiger partial charge on any atom is 0.276 e. The fourth-order valence-electron chi connectivity index (χ4n) is 1.75. The number of hydrogen-bond donors (Lipinski definition) is 0. The van der Waals surface area contributed by atoms with Gasteiger partial charge in [-0.2, -0.15) is 5.26 Å². The monoisotopic (exact) mass is 277 g/mol. The van der Waals surface area contributed by atoms with Crippen LogP contribution in [0.2, 0.25) is 0 Å². The average Bonchev–Trinajstić information content (AvgIpc) is 2.52. The number of nitro benzene ring substituents is 1. The van der Waals surface area contributed by atoms with E-state index in [1.807, 2.05) is 0 Å². The average molecular weight is 277 g/mol. The summed E-state index contributed by atoms with van der Waals surface area (Å²) in [6, 6.07) is 15.5. The lowest BCUT2D eigenvalue weighted by Crippen LogP contribution is -1.90. The fraction of sp³-hybridized carbons (Fsp3) is 0. The van der Waals surface area contributed by atoms with Crippen molar-refractivity contribution in [1.82, 2.24) is 0 Å². The molecule has 0 aliphatic heterocycles. The van der Waals surface area contributed by atoms with E-state index in [9.17, 15) is 10.1 Å². The van der Waals surface area contributed by atoms with E-state index in [1.54, 1.807) is 54.6 Å². The minimum Gasteiger partial charge on any atom is -0.258 e. The Bertz CT molecular complexity index is 758. The maximum atomic E-state index is 10.9. The molecule has 0 heterocycles. The normalized spacial score (nSPS) is 10.8. The Morgan fingerprint density at radius 1 is 1.14 bits per heavy atom. The van der Waals surface area contributed by atoms with Crippen LogP contribution in [0.15, 0.2) is 59.6 Å². The van der Waals surface area contributed by atoms with Gasteiger partial charge in [-0.05, 0) is 30.4 Å². The molecule has 0 unspecified atom stereocenters. The summed E-state index contributed by atoms with van der Waals surface area (Å²) in [5.74, 6) is 0. The first-order chi connectivity index (χ1) is 10.2. The van der Waals surface area contributed by atoms with Gasteiger partial charge in [0.1, 0.15) is 6.07 Å². The Balaban J connectivity index is 2.18. The third-order valence-corrected chi connectivity index (χ3v) is 2.73. The first kappa shape index (κ1) is 14.2. The van der Waals surface area contributed by atoms with Crippen molar-refractivity contribution in [3.8, 4) is 6.07 Å². The summed E-state index contributed by atoms with van der Waals surface area (Å²) in [5, 5.41) is 19.8. The number of benzene rings is 2. The van der Waals surface area contributed by atoms with Crippen LogP contribution in [-0.2, 0) is 0 Å². The Hall–Kier alpha value is -3.26. The number of nitrogens with zero attached hydrogens (tertiary/aromatic N) is 3. The molecule has 2 rings (SSSR count). The second-order valence-corrected chi connectivity index (χ2v) is 4.08. The van der Waals surface area contributed by atoms with Crippen LogP contribution in [0.25, 0.3) is 6.08 Å². The van der Waals surface area contributed by atoms with Crippen LogP contribution in [0.5, 0.6) is 0 Å². The van der Waals surface area contributed by atoms with E-state index in [0.717, 1.165) is 0 Å². The van der Waals surface area contributed by atoms with Gasteiger partial charge in [0.2, 0.25) is 0 Å². The molecule has 0 atom stereocenters. The van der Waals surface area contributed by atoms with Crippen molar-refractivity contribution >= 4 is 23.7 Å². The van der Waals surface area contributed by atoms with Gasteiger partial charge in [-0.3, -0.25) is 15.1 Å². The van der Waals surface area contributed by atoms with Gasteiger partial charge in [-0.1, -0.05) is 24.3 Å². The van der Waals surface area contributed by atoms with Gasteiger partial charge in [0.15, 0.2) is 0 Å². The molecule has 2 aromatic rings. The number of hydrogen-bond acceptors (Lipinski definition) is 4. The minimum absolute atomic E-state index is 0.0413. The van der Waals surface area contributed by atoms with E-state index < -0.39 is 4.92 Å². The molecule has 0 saturated heterocycles. The number of nitriles is 1. The molecule has 0 aromatic heterocycles. The summed E-state index contributed by atoms with van der Waals surface area (Å²) in [6.07, 6.45) is 4.72. The molecule has 0 fully saturated rings. The lowest BCUT2D eigenvalue weighted by Gasteiger charge is -1.96. The molecule has 0 saturated carbocycles. The van der Waals surface area contributed by atoms with Gasteiger partial charge >= 0.3 is 0 Å². The van der Waals surface area contributed by atoms with Gasteiger partial charge in [-0.15, -0.1) is 0 Å². The second-order valence-electron chi connectivity index (χ2n) is 4.08. The van der Waals surface area contributed by atoms with Crippen LogP contribution >= 0.6 is 0 Å². The number of rotatable bonds is 4. The van der Waals surface area contributed by atoms with Crippen LogP contribution in [0.1, 0.15) is 11.1 Å². The predicted molar refractivity (Wildman–Crippen MR) is 81.4 cm³/mol. The van der Waals surface area contributed by atoms with E-state index >= 15 is 0 Å². The quantitative estimate of drug-likeness (QED) is 0.483. The van der Waals surface area contributed by atoms with Gasteiger partial charge in [0.05, 0.1) is 21.7 Å². The molecule has 102 valence electrons. The van der Waals surface area contributed by atoms with E-state index in [0.29, 0.717) is 16.8 Å². The summed E-state index contributed by atoms with van der Waals surface area (Å²) in [7, 11) is 0. The summed E-state index contributed by atoms with van der Waals surface area (Å²) >= 11 is 0. The summed E-state index contributed by atoms with van der Waals surface area (Å²) in [5.41, 5.74) is 1.59. The first-order valence-electron chi connectivity index (χ1n) is 6.15. The zero-order valence-electron chi connectivity index (χ0n) is 11.0. The van der Waals surface area contributed by atoms with Crippen molar-refractivity contribution in [3.63, 3.8) is 0 Å². The van der Waals surface area contributed by atoms with Gasteiger partial charge in [0, 0.05) is 12.3 Å². The van der Waals surface area contributed by atoms with E-state index in [2.05, 4.69) is 11.1 Å². The lowest BCUT2D eigenvalue weighted by molar-refractivity contribution is -0.385. The minimum atomic E-state index is -0.429. The Morgan fingerprint density at radius 3 is 2.62 bits per heavy atom. The van der Waals surface area contributed by atoms with Gasteiger partial charge in [-0.25, -0.2) is 0 Å². The predicted octanol–water partition coefficient (Wildman–Crippen LogP) is 3.88. The SMILES string of the molecule is N#Cc1ccccc1N=C/C=C/c1ccccc1[N+](=O)[O-]. The molecule has 21 heavy (non-hydrogen) atoms. The smallest absolute Gasteiger partial charge is 0.258 e. The molecule has 0 aliphatic carbocycles. The zero-order valence-corrected chi connectivity index (χ0v) is 11.0. The fourth-order valence-corrected chi connectivity index (χ4v) is 1.75. The van der Waals surface area contributed by atoms with Crippen LogP contribution in [0.3, 0.4) is 0 Å². The third-order valence-electron chi connectivity index (χ3n) is 2.73. The Kier molecular flexibility index (Phi) is 4.57. The Labute approximate surface area is 121 Å². The van der Waals surface area contributed by atoms with E-state index in [4.69, 9.17) is 5.26 Å². The molecule has 0 N–H and O–H groups in total. The number of para-hydroxylation sites is 2. The highest BCUT2D eigenvalue weighted by molar-refractivity contribution is 5.82. The van der Waals surface area contributed by atoms with E-state index in [1.165, 1.54) is 12.3 Å². The molecule has 0 amide bonds. The van der Waals surface area contributed by atoms with Crippen molar-refractivity contribution < 1.29 is 4.92 Å². The second kappa shape index (κ2) is 6.78. The van der Waals surface area contributed by atoms with Gasteiger partial charge in [0.25, 0.3) is 5.69 Å². The lowest BCUT2D eigenvalue weighted by atomic mass is 10.1. The summed E-state index contributed by atoms with van der Waals surface area (Å²) < 4.78 is 0. The van der Waals surface area contributed by atoms with Crippen molar-refractivity contribution in [2.75, 3.05) is 0 Å². The molecule has 0 bridgehead atoms. The highest BCUT2D eigenvalue weighted by atomic mass is 16.6. The molecule has 0 spiro atoms. The number of aliphatic imine (C=N–C) groups is 1. The molecule has 0 aliphatic rings. The number of allylic oxidation sites excluding steroid dienone is 1. The van der Waals surface area contributed by atoms with Crippen LogP contribution < -0.4 is 0 Å². The van der Waals surface area contributed by atoms with Crippen molar-refractivity contribution in [2.45, 2.75) is 0 Å². The Morgan fingerprint density at radius 2 is 1.86 bits per heavy atom. The largest absolute Gasteiger partial charge is 0.276 e. The molecule has 5 heteroatoms. The topological polar surface area (TPSA) is 79.3 Å². The molecule has 5 nitrogen and oxygen atoms in total. The van der Waals surface area contributed by atoms with E-state index in [-0.39, 0.29) is 5.69 Å². The van der Waals surface area contributed by atoms with Gasteiger partial charge < -0.3 is 0 Å². The zero-order chi connectivity index (χ0) is 15.1. The van der Waals surface area contributed by atoms with Crippen molar-refractivity contribution in [1.29, 1.82) is 5.26 Å². The van der Waals surface area contributed by atoms with Crippen LogP contribution in [-0.4, -0.2) is 11.1 Å². The maximum absolute atomic E-state index is 10.9. The highest BCUT2D eigenvalue weighted by Gasteiger charge is 2.08. The molecular formula is C16H11N3O2. The first-order valence-corrected chi connectivity index (χ1v) is 6.15. The third kappa shape index (κ3) is 3.61. The summed E-state index contributed by atoms with van der Waals surface area (Å²) in [6.45, 7) is 0. The van der Waals surface area contributed by atoms with Crippen molar-refractivity contribution in [2.24, 2.45) is 4.99 Å². The molecule has 0 radical (unpaired) electrons. The molecular weight excluding hydrogens is 266 g/mol. The van der Waals surface area contributed by atoms with Crippen LogP contribution in [0.4, 0.5) is 11.4 Å². The van der Waals surface area contributed by atoms with Crippen LogP contribution in [0, 0.1) is 21.4 Å².